The molecular formula is C15H26N4O2. The van der Waals surface area contributed by atoms with Crippen molar-refractivity contribution < 1.29 is 4.79 Å². The zero-order valence-electron chi connectivity index (χ0n) is 13.5. The Morgan fingerprint density at radius 3 is 2.71 bits per heavy atom. The van der Waals surface area contributed by atoms with Crippen LogP contribution in [0.25, 0.3) is 0 Å². The minimum absolute atomic E-state index is 0.126. The van der Waals surface area contributed by atoms with Crippen molar-refractivity contribution in [2.75, 3.05) is 13.1 Å². The summed E-state index contributed by atoms with van der Waals surface area (Å²) in [7, 11) is 1.66. The summed E-state index contributed by atoms with van der Waals surface area (Å²) in [5.41, 5.74) is 0.0608. The number of hydrogen-bond donors (Lipinski definition) is 0. The summed E-state index contributed by atoms with van der Waals surface area (Å²) in [6.07, 6.45) is 4.07. The Hall–Kier alpha value is -1.59. The molecule has 0 spiro atoms. The molecule has 6 nitrogen and oxygen atoms in total. The number of hydrogen-bond acceptors (Lipinski definition) is 3. The van der Waals surface area contributed by atoms with Gasteiger partial charge in [-0.3, -0.25) is 9.36 Å². The summed E-state index contributed by atoms with van der Waals surface area (Å²) >= 11 is 0. The van der Waals surface area contributed by atoms with Crippen LogP contribution < -0.4 is 5.69 Å². The first-order valence-electron chi connectivity index (χ1n) is 7.65. The number of amides is 1. The quantitative estimate of drug-likeness (QED) is 0.843. The highest BCUT2D eigenvalue weighted by molar-refractivity contribution is 5.76. The van der Waals surface area contributed by atoms with Crippen molar-refractivity contribution in [3.05, 3.63) is 16.8 Å². The molecule has 1 fully saturated rings. The van der Waals surface area contributed by atoms with Crippen LogP contribution in [0.15, 0.2) is 11.1 Å². The van der Waals surface area contributed by atoms with Gasteiger partial charge in [0.05, 0.1) is 6.54 Å². The molecule has 1 aromatic rings. The molecule has 1 aliphatic rings. The van der Waals surface area contributed by atoms with Gasteiger partial charge in [0.2, 0.25) is 5.91 Å². The van der Waals surface area contributed by atoms with Crippen molar-refractivity contribution >= 4 is 5.91 Å². The second kappa shape index (κ2) is 6.03. The summed E-state index contributed by atoms with van der Waals surface area (Å²) in [4.78, 5) is 26.0. The van der Waals surface area contributed by atoms with Crippen molar-refractivity contribution in [3.8, 4) is 0 Å². The van der Waals surface area contributed by atoms with Gasteiger partial charge in [0, 0.05) is 26.6 Å². The second-order valence-corrected chi connectivity index (χ2v) is 7.04. The Morgan fingerprint density at radius 2 is 2.14 bits per heavy atom. The lowest BCUT2D eigenvalue weighted by Gasteiger charge is -2.39. The lowest BCUT2D eigenvalue weighted by molar-refractivity contribution is -0.134. The molecule has 118 valence electrons. The average molecular weight is 294 g/mol. The topological polar surface area (TPSA) is 60.1 Å². The third kappa shape index (κ3) is 3.74. The fourth-order valence-electron chi connectivity index (χ4n) is 2.84. The van der Waals surface area contributed by atoms with Crippen LogP contribution >= 0.6 is 0 Å². The molecule has 1 amide bonds. The summed E-state index contributed by atoms with van der Waals surface area (Å²) in [6.45, 7) is 8.73. The van der Waals surface area contributed by atoms with E-state index in [0.717, 1.165) is 19.5 Å². The molecule has 0 radical (unpaired) electrons. The van der Waals surface area contributed by atoms with E-state index in [2.05, 4.69) is 25.9 Å². The number of rotatable bonds is 3. The Labute approximate surface area is 125 Å². The van der Waals surface area contributed by atoms with Gasteiger partial charge < -0.3 is 4.90 Å². The number of aromatic nitrogens is 3. The molecule has 0 aromatic carbocycles. The first-order valence-corrected chi connectivity index (χ1v) is 7.65. The lowest BCUT2D eigenvalue weighted by atomic mass is 9.76. The van der Waals surface area contributed by atoms with E-state index in [1.165, 1.54) is 22.0 Å². The highest BCUT2D eigenvalue weighted by Crippen LogP contribution is 2.33. The molecule has 21 heavy (non-hydrogen) atoms. The van der Waals surface area contributed by atoms with Crippen molar-refractivity contribution in [2.24, 2.45) is 18.4 Å². The van der Waals surface area contributed by atoms with Crippen LogP contribution in [0.1, 0.15) is 40.0 Å². The molecule has 6 heteroatoms. The molecule has 1 atom stereocenters. The first-order chi connectivity index (χ1) is 9.79. The predicted molar refractivity (Wildman–Crippen MR) is 80.8 cm³/mol. The summed E-state index contributed by atoms with van der Waals surface area (Å²) < 4.78 is 2.77. The van der Waals surface area contributed by atoms with Gasteiger partial charge in [0.15, 0.2) is 0 Å². The SMILES string of the molecule is Cn1cnn(CCC(=O)N2CCCC(C(C)(C)C)C2)c1=O. The third-order valence-corrected chi connectivity index (χ3v) is 4.42. The number of aryl methyl sites for hydroxylation is 2. The Bertz CT molecular complexity index is 553. The van der Waals surface area contributed by atoms with E-state index >= 15 is 0 Å². The summed E-state index contributed by atoms with van der Waals surface area (Å²) in [5, 5.41) is 3.98. The number of carbonyl (C=O) groups excluding carboxylic acids is 1. The normalized spacial score (nSPS) is 19.8. The van der Waals surface area contributed by atoms with Crippen molar-refractivity contribution in [1.29, 1.82) is 0 Å². The summed E-state index contributed by atoms with van der Waals surface area (Å²) in [5.74, 6) is 0.675. The highest BCUT2D eigenvalue weighted by atomic mass is 16.2. The molecule has 0 saturated carbocycles. The van der Waals surface area contributed by atoms with Crippen LogP contribution in [-0.2, 0) is 18.4 Å². The molecule has 0 bridgehead atoms. The van der Waals surface area contributed by atoms with Crippen LogP contribution in [-0.4, -0.2) is 38.2 Å². The van der Waals surface area contributed by atoms with Crippen LogP contribution in [0.5, 0.6) is 0 Å². The van der Waals surface area contributed by atoms with E-state index in [0.29, 0.717) is 18.9 Å². The van der Waals surface area contributed by atoms with Crippen LogP contribution in [0.2, 0.25) is 0 Å². The van der Waals surface area contributed by atoms with E-state index < -0.39 is 0 Å². The van der Waals surface area contributed by atoms with Crippen molar-refractivity contribution in [2.45, 2.75) is 46.6 Å². The van der Waals surface area contributed by atoms with Gasteiger partial charge in [-0.2, -0.15) is 5.10 Å². The van der Waals surface area contributed by atoms with E-state index in [1.807, 2.05) is 4.90 Å². The molecule has 2 heterocycles. The molecule has 1 unspecified atom stereocenters. The van der Waals surface area contributed by atoms with Gasteiger partial charge in [-0.05, 0) is 24.2 Å². The van der Waals surface area contributed by atoms with E-state index in [-0.39, 0.29) is 17.0 Å². The number of carbonyl (C=O) groups is 1. The van der Waals surface area contributed by atoms with Gasteiger partial charge in [0.1, 0.15) is 6.33 Å². The van der Waals surface area contributed by atoms with E-state index in [1.54, 1.807) is 7.05 Å². The Balaban J connectivity index is 1.91. The smallest absolute Gasteiger partial charge is 0.342 e. The predicted octanol–water partition coefficient (Wildman–Crippen LogP) is 1.26. The maximum absolute atomic E-state index is 12.3. The minimum atomic E-state index is -0.172. The first kappa shape index (κ1) is 15.8. The largest absolute Gasteiger partial charge is 0.345 e. The zero-order valence-corrected chi connectivity index (χ0v) is 13.5. The monoisotopic (exact) mass is 294 g/mol. The van der Waals surface area contributed by atoms with Gasteiger partial charge in [-0.25, -0.2) is 9.48 Å². The van der Waals surface area contributed by atoms with Gasteiger partial charge in [0.25, 0.3) is 0 Å². The molecular weight excluding hydrogens is 268 g/mol. The highest BCUT2D eigenvalue weighted by Gasteiger charge is 2.31. The standard InChI is InChI=1S/C15H26N4O2/c1-15(2,3)12-6-5-8-18(10-12)13(20)7-9-19-14(21)17(4)11-16-19/h11-12H,5-10H2,1-4H3. The van der Waals surface area contributed by atoms with Crippen LogP contribution in [0.4, 0.5) is 0 Å². The Morgan fingerprint density at radius 1 is 1.43 bits per heavy atom. The molecule has 0 aliphatic carbocycles. The fourth-order valence-corrected chi connectivity index (χ4v) is 2.84. The second-order valence-electron chi connectivity index (χ2n) is 7.04. The molecule has 2 rings (SSSR count). The Kier molecular flexibility index (Phi) is 4.54. The van der Waals surface area contributed by atoms with Crippen molar-refractivity contribution in [1.82, 2.24) is 19.2 Å². The lowest BCUT2D eigenvalue weighted by Crippen LogP contribution is -2.44. The van der Waals surface area contributed by atoms with Crippen molar-refractivity contribution in [3.63, 3.8) is 0 Å². The molecule has 0 N–H and O–H groups in total. The number of nitrogens with zero attached hydrogens (tertiary/aromatic N) is 4. The van der Waals surface area contributed by atoms with Gasteiger partial charge >= 0.3 is 5.69 Å². The van der Waals surface area contributed by atoms with Gasteiger partial charge in [-0.15, -0.1) is 0 Å². The van der Waals surface area contributed by atoms with E-state index in [4.69, 9.17) is 0 Å². The molecule has 1 aliphatic heterocycles. The average Bonchev–Trinajstić information content (AvgIpc) is 2.75. The fraction of sp³-hybridized carbons (Fsp3) is 0.800. The third-order valence-electron chi connectivity index (χ3n) is 4.42. The van der Waals surface area contributed by atoms with Crippen LogP contribution in [0.3, 0.4) is 0 Å². The maximum atomic E-state index is 12.3. The number of likely N-dealkylation sites (tertiary alicyclic amines) is 1. The van der Waals surface area contributed by atoms with Gasteiger partial charge in [-0.1, -0.05) is 20.8 Å². The minimum Gasteiger partial charge on any atom is -0.342 e. The molecule has 1 saturated heterocycles. The van der Waals surface area contributed by atoms with E-state index in [9.17, 15) is 9.59 Å². The molecule has 1 aromatic heterocycles. The summed E-state index contributed by atoms with van der Waals surface area (Å²) in [6, 6.07) is 0. The van der Waals surface area contributed by atoms with Crippen LogP contribution in [0, 0.1) is 11.3 Å². The number of piperidine rings is 1. The zero-order chi connectivity index (χ0) is 15.6. The maximum Gasteiger partial charge on any atom is 0.345 e.